The lowest BCUT2D eigenvalue weighted by molar-refractivity contribution is 0.0625. The van der Waals surface area contributed by atoms with Gasteiger partial charge in [0.05, 0.1) is 0 Å². The quantitative estimate of drug-likeness (QED) is 0.408. The van der Waals surface area contributed by atoms with Crippen LogP contribution in [-0.4, -0.2) is 59.0 Å². The van der Waals surface area contributed by atoms with Gasteiger partial charge in [-0.05, 0) is 39.0 Å². The number of hydrogen-bond donors (Lipinski definition) is 1. The minimum absolute atomic E-state index is 0. The number of halogens is 1. The molecule has 1 aromatic heterocycles. The lowest BCUT2D eigenvalue weighted by Crippen LogP contribution is -2.40. The van der Waals surface area contributed by atoms with Gasteiger partial charge in [0.15, 0.2) is 11.8 Å². The van der Waals surface area contributed by atoms with E-state index in [4.69, 9.17) is 9.73 Å². The second-order valence-electron chi connectivity index (χ2n) is 6.16. The number of aromatic nitrogens is 3. The van der Waals surface area contributed by atoms with Crippen LogP contribution in [-0.2, 0) is 18.3 Å². The van der Waals surface area contributed by atoms with E-state index in [1.165, 1.54) is 19.3 Å². The standard InChI is InChI=1S/C16H30N6O.HI/c1-5-17-16(18-12-15-20-19-13(2)22(15)4)21(3)9-6-14-7-10-23-11-8-14;/h14H,5-12H2,1-4H3,(H,17,18);1H. The molecule has 0 aliphatic carbocycles. The van der Waals surface area contributed by atoms with Crippen molar-refractivity contribution in [2.75, 3.05) is 33.4 Å². The van der Waals surface area contributed by atoms with Crippen LogP contribution in [0.4, 0.5) is 0 Å². The molecular weight excluding hydrogens is 419 g/mol. The van der Waals surface area contributed by atoms with Gasteiger partial charge in [0.2, 0.25) is 0 Å². The van der Waals surface area contributed by atoms with Crippen LogP contribution in [0.2, 0.25) is 0 Å². The minimum atomic E-state index is 0. The first kappa shape index (κ1) is 21.1. The van der Waals surface area contributed by atoms with Gasteiger partial charge >= 0.3 is 0 Å². The zero-order valence-corrected chi connectivity index (χ0v) is 17.6. The predicted octanol–water partition coefficient (Wildman–Crippen LogP) is 1.96. The highest BCUT2D eigenvalue weighted by Gasteiger charge is 2.15. The highest BCUT2D eigenvalue weighted by Crippen LogP contribution is 2.18. The molecule has 1 aromatic rings. The fraction of sp³-hybridized carbons (Fsp3) is 0.812. The van der Waals surface area contributed by atoms with Gasteiger partial charge in [0.25, 0.3) is 0 Å². The van der Waals surface area contributed by atoms with Gasteiger partial charge in [-0.3, -0.25) is 0 Å². The molecule has 2 heterocycles. The average molecular weight is 450 g/mol. The van der Waals surface area contributed by atoms with Gasteiger partial charge in [-0.25, -0.2) is 4.99 Å². The Morgan fingerprint density at radius 1 is 1.38 bits per heavy atom. The Morgan fingerprint density at radius 2 is 2.08 bits per heavy atom. The molecule has 0 amide bonds. The van der Waals surface area contributed by atoms with Crippen LogP contribution >= 0.6 is 24.0 Å². The number of hydrogen-bond acceptors (Lipinski definition) is 4. The molecule has 1 aliphatic heterocycles. The van der Waals surface area contributed by atoms with E-state index in [0.29, 0.717) is 6.54 Å². The van der Waals surface area contributed by atoms with E-state index >= 15 is 0 Å². The van der Waals surface area contributed by atoms with E-state index in [0.717, 1.165) is 49.8 Å². The molecule has 2 rings (SSSR count). The fourth-order valence-electron chi connectivity index (χ4n) is 2.72. The molecule has 0 aromatic carbocycles. The maximum absolute atomic E-state index is 5.43. The average Bonchev–Trinajstić information content (AvgIpc) is 2.89. The molecule has 8 heteroatoms. The summed E-state index contributed by atoms with van der Waals surface area (Å²) in [5.74, 6) is 3.50. The molecule has 0 radical (unpaired) electrons. The minimum Gasteiger partial charge on any atom is -0.381 e. The smallest absolute Gasteiger partial charge is 0.194 e. The molecule has 0 saturated carbocycles. The van der Waals surface area contributed by atoms with Gasteiger partial charge in [-0.1, -0.05) is 0 Å². The Kier molecular flexibility index (Phi) is 9.57. The second kappa shape index (κ2) is 10.9. The second-order valence-corrected chi connectivity index (χ2v) is 6.16. The summed E-state index contributed by atoms with van der Waals surface area (Å²) in [6.07, 6.45) is 3.55. The van der Waals surface area contributed by atoms with Crippen LogP contribution in [0.25, 0.3) is 0 Å². The number of rotatable bonds is 6. The highest BCUT2D eigenvalue weighted by molar-refractivity contribution is 14.0. The molecule has 138 valence electrons. The Morgan fingerprint density at radius 3 is 2.67 bits per heavy atom. The first-order valence-electron chi connectivity index (χ1n) is 8.53. The Labute approximate surface area is 162 Å². The molecule has 0 bridgehead atoms. The van der Waals surface area contributed by atoms with Crippen LogP contribution in [0.15, 0.2) is 4.99 Å². The van der Waals surface area contributed by atoms with Crippen molar-refractivity contribution >= 4 is 29.9 Å². The van der Waals surface area contributed by atoms with Crippen molar-refractivity contribution in [1.29, 1.82) is 0 Å². The van der Waals surface area contributed by atoms with Crippen molar-refractivity contribution in [1.82, 2.24) is 25.0 Å². The first-order chi connectivity index (χ1) is 11.1. The van der Waals surface area contributed by atoms with Crippen molar-refractivity contribution in [3.63, 3.8) is 0 Å². The number of nitrogens with zero attached hydrogens (tertiary/aromatic N) is 5. The molecule has 7 nitrogen and oxygen atoms in total. The first-order valence-corrected chi connectivity index (χ1v) is 8.53. The van der Waals surface area contributed by atoms with Crippen LogP contribution in [0.5, 0.6) is 0 Å². The third-order valence-corrected chi connectivity index (χ3v) is 4.46. The molecule has 1 N–H and O–H groups in total. The van der Waals surface area contributed by atoms with Gasteiger partial charge < -0.3 is 19.5 Å². The fourth-order valence-corrected chi connectivity index (χ4v) is 2.72. The Hall–Kier alpha value is -0.900. The SMILES string of the molecule is CCNC(=NCc1nnc(C)n1C)N(C)CCC1CCOCC1.I. The molecule has 1 aliphatic rings. The van der Waals surface area contributed by atoms with E-state index in [1.807, 2.05) is 18.5 Å². The zero-order chi connectivity index (χ0) is 16.7. The Bertz CT molecular complexity index is 513. The van der Waals surface area contributed by atoms with E-state index in [9.17, 15) is 0 Å². The van der Waals surface area contributed by atoms with E-state index in [1.54, 1.807) is 0 Å². The molecule has 0 spiro atoms. The number of aliphatic imine (C=N–C) groups is 1. The van der Waals surface area contributed by atoms with Crippen LogP contribution in [0.1, 0.15) is 37.8 Å². The van der Waals surface area contributed by atoms with E-state index in [2.05, 4.69) is 34.4 Å². The summed E-state index contributed by atoms with van der Waals surface area (Å²) in [5, 5.41) is 11.6. The van der Waals surface area contributed by atoms with E-state index in [-0.39, 0.29) is 24.0 Å². The van der Waals surface area contributed by atoms with Crippen LogP contribution < -0.4 is 5.32 Å². The maximum Gasteiger partial charge on any atom is 0.194 e. The summed E-state index contributed by atoms with van der Waals surface area (Å²) in [6.45, 7) is 8.27. The number of aryl methyl sites for hydroxylation is 1. The lowest BCUT2D eigenvalue weighted by atomic mass is 9.96. The third-order valence-electron chi connectivity index (χ3n) is 4.46. The Balaban J connectivity index is 0.00000288. The summed E-state index contributed by atoms with van der Waals surface area (Å²) in [5.41, 5.74) is 0. The lowest BCUT2D eigenvalue weighted by Gasteiger charge is -2.26. The number of guanidine groups is 1. The summed E-state index contributed by atoms with van der Waals surface area (Å²) in [7, 11) is 4.07. The van der Waals surface area contributed by atoms with Crippen molar-refractivity contribution in [2.45, 2.75) is 39.7 Å². The van der Waals surface area contributed by atoms with E-state index < -0.39 is 0 Å². The van der Waals surface area contributed by atoms with Crippen LogP contribution in [0, 0.1) is 12.8 Å². The third kappa shape index (κ3) is 6.19. The normalized spacial score (nSPS) is 15.9. The van der Waals surface area contributed by atoms with Crippen LogP contribution in [0.3, 0.4) is 0 Å². The maximum atomic E-state index is 5.43. The van der Waals surface area contributed by atoms with Gasteiger partial charge in [-0.2, -0.15) is 0 Å². The van der Waals surface area contributed by atoms with Gasteiger partial charge in [-0.15, -0.1) is 34.2 Å². The van der Waals surface area contributed by atoms with Crippen molar-refractivity contribution in [2.24, 2.45) is 18.0 Å². The predicted molar refractivity (Wildman–Crippen MR) is 107 cm³/mol. The van der Waals surface area contributed by atoms with Gasteiger partial charge in [0.1, 0.15) is 12.4 Å². The summed E-state index contributed by atoms with van der Waals surface area (Å²) in [6, 6.07) is 0. The molecule has 0 unspecified atom stereocenters. The zero-order valence-electron chi connectivity index (χ0n) is 15.3. The monoisotopic (exact) mass is 450 g/mol. The summed E-state index contributed by atoms with van der Waals surface area (Å²) in [4.78, 5) is 6.92. The molecule has 24 heavy (non-hydrogen) atoms. The topological polar surface area (TPSA) is 67.6 Å². The largest absolute Gasteiger partial charge is 0.381 e. The number of nitrogens with one attached hydrogen (secondary N) is 1. The number of ether oxygens (including phenoxy) is 1. The van der Waals surface area contributed by atoms with Gasteiger partial charge in [0, 0.05) is 40.4 Å². The van der Waals surface area contributed by atoms with Crippen molar-refractivity contribution in [3.8, 4) is 0 Å². The van der Waals surface area contributed by atoms with Crippen molar-refractivity contribution in [3.05, 3.63) is 11.6 Å². The summed E-state index contributed by atoms with van der Waals surface area (Å²) < 4.78 is 7.41. The summed E-state index contributed by atoms with van der Waals surface area (Å²) >= 11 is 0. The molecule has 0 atom stereocenters. The molecule has 1 saturated heterocycles. The molecular formula is C16H31IN6O. The van der Waals surface area contributed by atoms with Crippen molar-refractivity contribution < 1.29 is 4.74 Å². The highest BCUT2D eigenvalue weighted by atomic mass is 127. The molecule has 1 fully saturated rings.